The van der Waals surface area contributed by atoms with Crippen LogP contribution < -0.4 is 0 Å². The van der Waals surface area contributed by atoms with Gasteiger partial charge in [0.1, 0.15) is 5.82 Å². The molecule has 1 heterocycles. The number of pyridine rings is 1. The summed E-state index contributed by atoms with van der Waals surface area (Å²) in [5, 5.41) is 0. The van der Waals surface area contributed by atoms with E-state index in [-0.39, 0.29) is 5.82 Å². The molecule has 0 radical (unpaired) electrons. The van der Waals surface area contributed by atoms with E-state index in [1.165, 1.54) is 12.1 Å². The largest absolute Gasteiger partial charge is 0.369 e. The van der Waals surface area contributed by atoms with E-state index >= 15 is 0 Å². The molecule has 0 saturated heterocycles. The zero-order chi connectivity index (χ0) is 8.97. The number of rotatable bonds is 2. The molecule has 0 N–H and O–H groups in total. The van der Waals surface area contributed by atoms with Crippen LogP contribution in [-0.4, -0.2) is 30.3 Å². The van der Waals surface area contributed by atoms with Crippen LogP contribution in [0.25, 0.3) is 0 Å². The van der Waals surface area contributed by atoms with Gasteiger partial charge in [-0.3, -0.25) is 0 Å². The summed E-state index contributed by atoms with van der Waals surface area (Å²) < 4.78 is 12.4. The summed E-state index contributed by atoms with van der Waals surface area (Å²) in [6.07, 6.45) is 2.75. The molecule has 0 fully saturated rings. The fourth-order valence-corrected chi connectivity index (χ4v) is 0.619. The molecular formula is C8H10FN3. The van der Waals surface area contributed by atoms with Crippen LogP contribution in [0.3, 0.4) is 0 Å². The highest BCUT2D eigenvalue weighted by Crippen LogP contribution is 2.06. The van der Waals surface area contributed by atoms with E-state index in [0.717, 1.165) is 6.20 Å². The van der Waals surface area contributed by atoms with Crippen LogP contribution in [0.4, 0.5) is 10.2 Å². The Morgan fingerprint density at radius 2 is 2.25 bits per heavy atom. The predicted octanol–water partition coefficient (Wildman–Crippen LogP) is 1.44. The first-order valence-electron chi connectivity index (χ1n) is 3.50. The lowest BCUT2D eigenvalue weighted by atomic mass is 10.4. The monoisotopic (exact) mass is 167 g/mol. The highest BCUT2D eigenvalue weighted by atomic mass is 19.1. The Morgan fingerprint density at radius 3 is 2.75 bits per heavy atom. The minimum Gasteiger partial charge on any atom is -0.369 e. The summed E-state index contributed by atoms with van der Waals surface area (Å²) in [5.74, 6) is 0.156. The van der Waals surface area contributed by atoms with Gasteiger partial charge in [-0.05, 0) is 12.1 Å². The van der Waals surface area contributed by atoms with Gasteiger partial charge in [0.05, 0.1) is 12.5 Å². The van der Waals surface area contributed by atoms with Gasteiger partial charge in [-0.25, -0.2) is 14.4 Å². The van der Waals surface area contributed by atoms with Gasteiger partial charge in [-0.15, -0.1) is 0 Å². The summed E-state index contributed by atoms with van der Waals surface area (Å²) in [5.41, 5.74) is 0. The molecular weight excluding hydrogens is 157 g/mol. The van der Waals surface area contributed by atoms with E-state index in [1.807, 2.05) is 14.1 Å². The first kappa shape index (κ1) is 8.64. The van der Waals surface area contributed by atoms with Gasteiger partial charge in [0.15, 0.2) is 5.82 Å². The summed E-state index contributed by atoms with van der Waals surface area (Å²) in [7, 11) is 3.71. The third-order valence-electron chi connectivity index (χ3n) is 1.13. The number of halogens is 1. The average Bonchev–Trinajstić information content (AvgIpc) is 2.03. The summed E-state index contributed by atoms with van der Waals surface area (Å²) in [4.78, 5) is 9.50. The molecule has 1 aromatic rings. The van der Waals surface area contributed by atoms with Crippen LogP contribution in [0.1, 0.15) is 0 Å². The smallest absolute Gasteiger partial charge is 0.153 e. The molecule has 0 atom stereocenters. The van der Waals surface area contributed by atoms with Crippen molar-refractivity contribution in [3.05, 3.63) is 24.1 Å². The van der Waals surface area contributed by atoms with Gasteiger partial charge in [-0.1, -0.05) is 0 Å². The predicted molar refractivity (Wildman–Crippen MR) is 46.0 cm³/mol. The van der Waals surface area contributed by atoms with E-state index in [1.54, 1.807) is 11.2 Å². The first-order valence-corrected chi connectivity index (χ1v) is 3.50. The average molecular weight is 167 g/mol. The Kier molecular flexibility index (Phi) is 2.74. The number of hydrogen-bond donors (Lipinski definition) is 0. The van der Waals surface area contributed by atoms with E-state index in [0.29, 0.717) is 5.82 Å². The van der Waals surface area contributed by atoms with E-state index in [4.69, 9.17) is 0 Å². The lowest BCUT2D eigenvalue weighted by Crippen LogP contribution is -2.07. The Labute approximate surface area is 70.6 Å². The van der Waals surface area contributed by atoms with Crippen molar-refractivity contribution in [2.24, 2.45) is 4.99 Å². The minimum absolute atomic E-state index is 0.348. The maximum atomic E-state index is 12.4. The molecule has 64 valence electrons. The van der Waals surface area contributed by atoms with Crippen molar-refractivity contribution in [3.8, 4) is 0 Å². The van der Waals surface area contributed by atoms with Crippen LogP contribution in [0, 0.1) is 5.82 Å². The number of nitrogens with zero attached hydrogens (tertiary/aromatic N) is 3. The molecule has 12 heavy (non-hydrogen) atoms. The van der Waals surface area contributed by atoms with Crippen molar-refractivity contribution in [3.63, 3.8) is 0 Å². The molecule has 0 spiro atoms. The quantitative estimate of drug-likeness (QED) is 0.492. The fourth-order valence-electron chi connectivity index (χ4n) is 0.619. The molecule has 0 saturated carbocycles. The Balaban J connectivity index is 2.71. The number of aromatic nitrogens is 1. The van der Waals surface area contributed by atoms with Crippen molar-refractivity contribution in [2.75, 3.05) is 14.1 Å². The van der Waals surface area contributed by atoms with Crippen molar-refractivity contribution in [1.29, 1.82) is 0 Å². The highest BCUT2D eigenvalue weighted by molar-refractivity contribution is 5.58. The van der Waals surface area contributed by atoms with Crippen molar-refractivity contribution >= 4 is 12.2 Å². The second-order valence-corrected chi connectivity index (χ2v) is 2.54. The molecule has 0 unspecified atom stereocenters. The maximum absolute atomic E-state index is 12.4. The Morgan fingerprint density at radius 1 is 1.50 bits per heavy atom. The van der Waals surface area contributed by atoms with Crippen LogP contribution in [0.2, 0.25) is 0 Å². The SMILES string of the molecule is CN(C)C=Nc1ccc(F)cn1. The third-order valence-corrected chi connectivity index (χ3v) is 1.13. The van der Waals surface area contributed by atoms with Crippen LogP contribution >= 0.6 is 0 Å². The second-order valence-electron chi connectivity index (χ2n) is 2.54. The first-order chi connectivity index (χ1) is 5.68. The van der Waals surface area contributed by atoms with Gasteiger partial charge in [0, 0.05) is 14.1 Å². The van der Waals surface area contributed by atoms with Gasteiger partial charge in [0.25, 0.3) is 0 Å². The lowest BCUT2D eigenvalue weighted by molar-refractivity contribution is 0.621. The Hall–Kier alpha value is -1.45. The molecule has 1 aromatic heterocycles. The molecule has 0 aliphatic heterocycles. The highest BCUT2D eigenvalue weighted by Gasteiger charge is 1.90. The molecule has 3 nitrogen and oxygen atoms in total. The van der Waals surface area contributed by atoms with E-state index < -0.39 is 0 Å². The van der Waals surface area contributed by atoms with E-state index in [9.17, 15) is 4.39 Å². The summed E-state index contributed by atoms with van der Waals surface area (Å²) in [6, 6.07) is 2.85. The van der Waals surface area contributed by atoms with Crippen molar-refractivity contribution in [1.82, 2.24) is 9.88 Å². The lowest BCUT2D eigenvalue weighted by Gasteiger charge is -2.01. The molecule has 0 amide bonds. The molecule has 1 rings (SSSR count). The van der Waals surface area contributed by atoms with Crippen molar-refractivity contribution < 1.29 is 4.39 Å². The molecule has 0 aliphatic carbocycles. The molecule has 4 heteroatoms. The fraction of sp³-hybridized carbons (Fsp3) is 0.250. The van der Waals surface area contributed by atoms with Crippen LogP contribution in [0.5, 0.6) is 0 Å². The van der Waals surface area contributed by atoms with Gasteiger partial charge in [-0.2, -0.15) is 0 Å². The van der Waals surface area contributed by atoms with Gasteiger partial charge >= 0.3 is 0 Å². The maximum Gasteiger partial charge on any atom is 0.153 e. The minimum atomic E-state index is -0.348. The molecule has 0 aliphatic rings. The van der Waals surface area contributed by atoms with Gasteiger partial charge < -0.3 is 4.90 Å². The zero-order valence-electron chi connectivity index (χ0n) is 7.03. The second kappa shape index (κ2) is 3.80. The topological polar surface area (TPSA) is 28.5 Å². The molecule has 0 bridgehead atoms. The molecule has 0 aromatic carbocycles. The number of aliphatic imine (C=N–C) groups is 1. The van der Waals surface area contributed by atoms with Crippen LogP contribution in [0.15, 0.2) is 23.3 Å². The van der Waals surface area contributed by atoms with Crippen LogP contribution in [-0.2, 0) is 0 Å². The third kappa shape index (κ3) is 2.65. The van der Waals surface area contributed by atoms with E-state index in [2.05, 4.69) is 9.98 Å². The zero-order valence-corrected chi connectivity index (χ0v) is 7.03. The summed E-state index contributed by atoms with van der Waals surface area (Å²) >= 11 is 0. The number of hydrogen-bond acceptors (Lipinski definition) is 2. The van der Waals surface area contributed by atoms with Crippen molar-refractivity contribution in [2.45, 2.75) is 0 Å². The standard InChI is InChI=1S/C8H10FN3/c1-12(2)6-11-8-4-3-7(9)5-10-8/h3-6H,1-2H3. The Bertz CT molecular complexity index is 266. The van der Waals surface area contributed by atoms with Gasteiger partial charge in [0.2, 0.25) is 0 Å². The normalized spacial score (nSPS) is 10.6. The summed E-state index contributed by atoms with van der Waals surface area (Å²) in [6.45, 7) is 0.